The highest BCUT2D eigenvalue weighted by Crippen LogP contribution is 2.13. The second-order valence-corrected chi connectivity index (χ2v) is 3.82. The Balaban J connectivity index is 2.39. The number of hydrogen-bond acceptors (Lipinski definition) is 4. The van der Waals surface area contributed by atoms with E-state index in [1.54, 1.807) is 12.1 Å². The molecular formula is C12H20N2O2. The van der Waals surface area contributed by atoms with E-state index in [-0.39, 0.29) is 11.9 Å². The van der Waals surface area contributed by atoms with E-state index in [1.807, 2.05) is 20.8 Å². The number of ether oxygens (including phenoxy) is 1. The summed E-state index contributed by atoms with van der Waals surface area (Å²) in [6.07, 6.45) is 0.178. The predicted molar refractivity (Wildman–Crippen MR) is 63.4 cm³/mol. The average molecular weight is 224 g/mol. The summed E-state index contributed by atoms with van der Waals surface area (Å²) in [4.78, 5) is 4.26. The maximum Gasteiger partial charge on any atom is 0.138 e. The lowest BCUT2D eigenvalue weighted by Crippen LogP contribution is -2.26. The highest BCUT2D eigenvalue weighted by molar-refractivity contribution is 5.27. The molecule has 0 amide bonds. The Morgan fingerprint density at radius 1 is 1.50 bits per heavy atom. The molecule has 1 heterocycles. The van der Waals surface area contributed by atoms with Gasteiger partial charge in [-0.2, -0.15) is 0 Å². The van der Waals surface area contributed by atoms with Crippen LogP contribution in [0.25, 0.3) is 0 Å². The Kier molecular flexibility index (Phi) is 5.22. The molecule has 0 radical (unpaired) electrons. The molecule has 90 valence electrons. The summed E-state index contributed by atoms with van der Waals surface area (Å²) >= 11 is 0. The fourth-order valence-corrected chi connectivity index (χ4v) is 1.47. The maximum atomic E-state index is 9.57. The third kappa shape index (κ3) is 4.16. The van der Waals surface area contributed by atoms with E-state index in [0.717, 1.165) is 18.8 Å². The van der Waals surface area contributed by atoms with Crippen LogP contribution in [0.2, 0.25) is 0 Å². The molecule has 0 aliphatic heterocycles. The van der Waals surface area contributed by atoms with Crippen LogP contribution in [0.3, 0.4) is 0 Å². The summed E-state index contributed by atoms with van der Waals surface area (Å²) in [6, 6.07) is 3.47. The number of rotatable bonds is 6. The van der Waals surface area contributed by atoms with Crippen LogP contribution in [0, 0.1) is 6.92 Å². The fourth-order valence-electron chi connectivity index (χ4n) is 1.47. The SMILES string of the molecule is CCOC(C)CNCc1nc(C)ccc1O. The Bertz CT molecular complexity index is 329. The van der Waals surface area contributed by atoms with Crippen molar-refractivity contribution in [3.05, 3.63) is 23.5 Å². The highest BCUT2D eigenvalue weighted by Gasteiger charge is 2.04. The number of pyridine rings is 1. The Hall–Kier alpha value is -1.13. The highest BCUT2D eigenvalue weighted by atomic mass is 16.5. The summed E-state index contributed by atoms with van der Waals surface area (Å²) in [6.45, 7) is 7.93. The smallest absolute Gasteiger partial charge is 0.138 e. The Morgan fingerprint density at radius 2 is 2.25 bits per heavy atom. The molecule has 0 aliphatic rings. The molecule has 16 heavy (non-hydrogen) atoms. The number of nitrogens with zero attached hydrogens (tertiary/aromatic N) is 1. The molecule has 0 aromatic carbocycles. The first-order chi connectivity index (χ1) is 7.63. The van der Waals surface area contributed by atoms with Crippen molar-refractivity contribution in [1.29, 1.82) is 0 Å². The predicted octanol–water partition coefficient (Wildman–Crippen LogP) is 1.61. The van der Waals surface area contributed by atoms with Gasteiger partial charge in [-0.05, 0) is 32.9 Å². The van der Waals surface area contributed by atoms with Crippen molar-refractivity contribution in [2.45, 2.75) is 33.4 Å². The largest absolute Gasteiger partial charge is 0.506 e. The molecule has 1 aromatic rings. The molecule has 2 N–H and O–H groups in total. The molecule has 1 rings (SSSR count). The third-order valence-electron chi connectivity index (χ3n) is 2.26. The zero-order chi connectivity index (χ0) is 12.0. The monoisotopic (exact) mass is 224 g/mol. The van der Waals surface area contributed by atoms with Gasteiger partial charge in [0.2, 0.25) is 0 Å². The molecule has 0 aliphatic carbocycles. The fraction of sp³-hybridized carbons (Fsp3) is 0.583. The molecule has 1 atom stereocenters. The van der Waals surface area contributed by atoms with Gasteiger partial charge in [-0.3, -0.25) is 4.98 Å². The van der Waals surface area contributed by atoms with Gasteiger partial charge in [0.05, 0.1) is 11.8 Å². The Morgan fingerprint density at radius 3 is 2.94 bits per heavy atom. The van der Waals surface area contributed by atoms with E-state index >= 15 is 0 Å². The van der Waals surface area contributed by atoms with E-state index in [4.69, 9.17) is 4.74 Å². The molecule has 0 bridgehead atoms. The van der Waals surface area contributed by atoms with Gasteiger partial charge in [0, 0.05) is 25.4 Å². The van der Waals surface area contributed by atoms with Crippen LogP contribution >= 0.6 is 0 Å². The lowest BCUT2D eigenvalue weighted by Gasteiger charge is -2.12. The minimum absolute atomic E-state index is 0.178. The summed E-state index contributed by atoms with van der Waals surface area (Å²) in [5.41, 5.74) is 1.59. The number of aromatic hydroxyl groups is 1. The molecular weight excluding hydrogens is 204 g/mol. The van der Waals surface area contributed by atoms with Crippen molar-refractivity contribution in [3.8, 4) is 5.75 Å². The molecule has 4 nitrogen and oxygen atoms in total. The molecule has 4 heteroatoms. The topological polar surface area (TPSA) is 54.4 Å². The first-order valence-corrected chi connectivity index (χ1v) is 5.61. The lowest BCUT2D eigenvalue weighted by atomic mass is 10.3. The second-order valence-electron chi connectivity index (χ2n) is 3.82. The van der Waals surface area contributed by atoms with E-state index in [1.165, 1.54) is 0 Å². The van der Waals surface area contributed by atoms with E-state index in [0.29, 0.717) is 12.2 Å². The van der Waals surface area contributed by atoms with Gasteiger partial charge in [0.15, 0.2) is 0 Å². The first-order valence-electron chi connectivity index (χ1n) is 5.61. The van der Waals surface area contributed by atoms with Crippen LogP contribution in [0.5, 0.6) is 5.75 Å². The van der Waals surface area contributed by atoms with Gasteiger partial charge < -0.3 is 15.2 Å². The van der Waals surface area contributed by atoms with E-state index in [9.17, 15) is 5.11 Å². The van der Waals surface area contributed by atoms with Gasteiger partial charge in [-0.1, -0.05) is 0 Å². The van der Waals surface area contributed by atoms with Crippen LogP contribution in [-0.2, 0) is 11.3 Å². The molecule has 0 spiro atoms. The van der Waals surface area contributed by atoms with Crippen LogP contribution in [-0.4, -0.2) is 29.3 Å². The van der Waals surface area contributed by atoms with Gasteiger partial charge in [0.25, 0.3) is 0 Å². The summed E-state index contributed by atoms with van der Waals surface area (Å²) < 4.78 is 5.39. The van der Waals surface area contributed by atoms with Gasteiger partial charge >= 0.3 is 0 Å². The minimum Gasteiger partial charge on any atom is -0.506 e. The first kappa shape index (κ1) is 12.9. The van der Waals surface area contributed by atoms with Crippen molar-refractivity contribution in [2.24, 2.45) is 0 Å². The van der Waals surface area contributed by atoms with Crippen LogP contribution in [0.1, 0.15) is 25.2 Å². The number of hydrogen-bond donors (Lipinski definition) is 2. The van der Waals surface area contributed by atoms with Crippen LogP contribution < -0.4 is 5.32 Å². The lowest BCUT2D eigenvalue weighted by molar-refractivity contribution is 0.0758. The van der Waals surface area contributed by atoms with Gasteiger partial charge in [-0.15, -0.1) is 0 Å². The van der Waals surface area contributed by atoms with Crippen LogP contribution in [0.4, 0.5) is 0 Å². The Labute approximate surface area is 96.7 Å². The van der Waals surface area contributed by atoms with Crippen molar-refractivity contribution in [3.63, 3.8) is 0 Å². The van der Waals surface area contributed by atoms with E-state index < -0.39 is 0 Å². The van der Waals surface area contributed by atoms with Crippen molar-refractivity contribution in [1.82, 2.24) is 10.3 Å². The van der Waals surface area contributed by atoms with Crippen LogP contribution in [0.15, 0.2) is 12.1 Å². The number of aryl methyl sites for hydroxylation is 1. The quantitative estimate of drug-likeness (QED) is 0.771. The van der Waals surface area contributed by atoms with Gasteiger partial charge in [0.1, 0.15) is 5.75 Å². The molecule has 0 saturated heterocycles. The molecule has 0 fully saturated rings. The number of aromatic nitrogens is 1. The summed E-state index contributed by atoms with van der Waals surface area (Å²) in [5.74, 6) is 0.238. The normalized spacial score (nSPS) is 12.7. The minimum atomic E-state index is 0.178. The zero-order valence-electron chi connectivity index (χ0n) is 10.2. The van der Waals surface area contributed by atoms with Gasteiger partial charge in [-0.25, -0.2) is 0 Å². The summed E-state index contributed by atoms with van der Waals surface area (Å²) in [7, 11) is 0. The summed E-state index contributed by atoms with van der Waals surface area (Å²) in [5, 5.41) is 12.8. The molecule has 1 aromatic heterocycles. The van der Waals surface area contributed by atoms with E-state index in [2.05, 4.69) is 10.3 Å². The maximum absolute atomic E-state index is 9.57. The third-order valence-corrected chi connectivity index (χ3v) is 2.26. The average Bonchev–Trinajstić information content (AvgIpc) is 2.23. The zero-order valence-corrected chi connectivity index (χ0v) is 10.2. The second kappa shape index (κ2) is 6.45. The molecule has 0 saturated carbocycles. The number of nitrogens with one attached hydrogen (secondary N) is 1. The standard InChI is InChI=1S/C12H20N2O2/c1-4-16-10(3)7-13-8-11-12(15)6-5-9(2)14-11/h5-6,10,13,15H,4,7-8H2,1-3H3. The molecule has 1 unspecified atom stereocenters. The van der Waals surface area contributed by atoms with Crippen molar-refractivity contribution >= 4 is 0 Å². The van der Waals surface area contributed by atoms with Crippen molar-refractivity contribution < 1.29 is 9.84 Å². The van der Waals surface area contributed by atoms with Crippen molar-refractivity contribution in [2.75, 3.05) is 13.2 Å².